The fraction of sp³-hybridized carbons (Fsp3) is 0.611. The first-order valence-corrected chi connectivity index (χ1v) is 8.72. The van der Waals surface area contributed by atoms with Crippen molar-refractivity contribution in [1.29, 1.82) is 0 Å². The Morgan fingerprint density at radius 2 is 2.25 bits per heavy atom. The number of ether oxygens (including phenoxy) is 2. The lowest BCUT2D eigenvalue weighted by Gasteiger charge is -2.34. The Bertz CT molecular complexity index is 577. The van der Waals surface area contributed by atoms with E-state index < -0.39 is 0 Å². The zero-order chi connectivity index (χ0) is 16.9. The lowest BCUT2D eigenvalue weighted by atomic mass is 10.1. The van der Waals surface area contributed by atoms with Crippen molar-refractivity contribution in [3.05, 3.63) is 29.6 Å². The first kappa shape index (κ1) is 17.0. The van der Waals surface area contributed by atoms with Crippen LogP contribution in [0.3, 0.4) is 0 Å². The molecular formula is C18H25FN2O3. The van der Waals surface area contributed by atoms with E-state index in [0.29, 0.717) is 30.4 Å². The summed E-state index contributed by atoms with van der Waals surface area (Å²) in [5.74, 6) is 0.881. The highest BCUT2D eigenvalue weighted by Crippen LogP contribution is 2.30. The zero-order valence-corrected chi connectivity index (χ0v) is 14.1. The van der Waals surface area contributed by atoms with Gasteiger partial charge in [-0.3, -0.25) is 0 Å². The lowest BCUT2D eigenvalue weighted by Crippen LogP contribution is -2.53. The van der Waals surface area contributed by atoms with E-state index in [4.69, 9.17) is 9.47 Å². The third-order valence-electron chi connectivity index (χ3n) is 4.61. The van der Waals surface area contributed by atoms with E-state index in [0.717, 1.165) is 19.5 Å². The Balaban J connectivity index is 1.56. The molecule has 1 amide bonds. The molecule has 1 aromatic carbocycles. The lowest BCUT2D eigenvalue weighted by molar-refractivity contribution is 0.0706. The van der Waals surface area contributed by atoms with Crippen molar-refractivity contribution >= 4 is 6.09 Å². The summed E-state index contributed by atoms with van der Waals surface area (Å²) < 4.78 is 24.9. The summed E-state index contributed by atoms with van der Waals surface area (Å²) in [5.41, 5.74) is 0.347. The van der Waals surface area contributed by atoms with E-state index in [-0.39, 0.29) is 24.6 Å². The number of carbonyl (C=O) groups is 1. The molecule has 1 N–H and O–H groups in total. The maximum atomic E-state index is 13.9. The van der Waals surface area contributed by atoms with Gasteiger partial charge in [0.05, 0.1) is 6.61 Å². The van der Waals surface area contributed by atoms with Crippen LogP contribution in [0.2, 0.25) is 0 Å². The third-order valence-corrected chi connectivity index (χ3v) is 4.61. The molecule has 0 radical (unpaired) electrons. The maximum Gasteiger partial charge on any atom is 0.410 e. The molecule has 1 aliphatic heterocycles. The van der Waals surface area contributed by atoms with Gasteiger partial charge in [-0.1, -0.05) is 6.92 Å². The Hall–Kier alpha value is -1.82. The minimum atomic E-state index is -0.382. The summed E-state index contributed by atoms with van der Waals surface area (Å²) in [7, 11) is 0. The average molecular weight is 336 g/mol. The second kappa shape index (κ2) is 7.83. The van der Waals surface area contributed by atoms with E-state index in [9.17, 15) is 9.18 Å². The van der Waals surface area contributed by atoms with Crippen LogP contribution in [0, 0.1) is 11.7 Å². The molecule has 24 heavy (non-hydrogen) atoms. The Labute approximate surface area is 142 Å². The number of rotatable bonds is 6. The molecule has 2 aliphatic rings. The van der Waals surface area contributed by atoms with Gasteiger partial charge < -0.3 is 19.7 Å². The van der Waals surface area contributed by atoms with Gasteiger partial charge in [-0.15, -0.1) is 0 Å². The van der Waals surface area contributed by atoms with Gasteiger partial charge in [-0.05, 0) is 43.4 Å². The van der Waals surface area contributed by atoms with Gasteiger partial charge in [0.1, 0.15) is 18.2 Å². The number of piperazine rings is 1. The van der Waals surface area contributed by atoms with Crippen molar-refractivity contribution in [1.82, 2.24) is 10.2 Å². The van der Waals surface area contributed by atoms with Crippen molar-refractivity contribution < 1.29 is 18.7 Å². The molecule has 1 aromatic rings. The molecular weight excluding hydrogens is 311 g/mol. The second-order valence-corrected chi connectivity index (χ2v) is 6.52. The van der Waals surface area contributed by atoms with Crippen LogP contribution in [-0.2, 0) is 11.3 Å². The molecule has 2 fully saturated rings. The van der Waals surface area contributed by atoms with Crippen LogP contribution < -0.4 is 10.1 Å². The summed E-state index contributed by atoms with van der Waals surface area (Å²) in [5, 5.41) is 3.26. The molecule has 1 saturated heterocycles. The van der Waals surface area contributed by atoms with Crippen LogP contribution in [0.5, 0.6) is 5.75 Å². The molecule has 0 unspecified atom stereocenters. The van der Waals surface area contributed by atoms with Crippen LogP contribution in [0.4, 0.5) is 9.18 Å². The fourth-order valence-corrected chi connectivity index (χ4v) is 2.84. The predicted octanol–water partition coefficient (Wildman–Crippen LogP) is 2.93. The second-order valence-electron chi connectivity index (χ2n) is 6.52. The van der Waals surface area contributed by atoms with Gasteiger partial charge in [-0.2, -0.15) is 0 Å². The standard InChI is InChI=1S/C18H25FN2O3/c1-2-15-10-20-7-8-21(15)18(22)24-12-14-9-16(5-6-17(14)19)23-11-13-3-4-13/h5-6,9,13,15,20H,2-4,7-8,10-12H2,1H3/t15-/m1/s1. The third kappa shape index (κ3) is 4.38. The highest BCUT2D eigenvalue weighted by molar-refractivity contribution is 5.68. The van der Waals surface area contributed by atoms with E-state index in [2.05, 4.69) is 5.32 Å². The van der Waals surface area contributed by atoms with Gasteiger partial charge >= 0.3 is 6.09 Å². The van der Waals surface area contributed by atoms with Crippen LogP contribution >= 0.6 is 0 Å². The minimum Gasteiger partial charge on any atom is -0.493 e. The van der Waals surface area contributed by atoms with E-state index >= 15 is 0 Å². The molecule has 6 heteroatoms. The summed E-state index contributed by atoms with van der Waals surface area (Å²) in [6.45, 7) is 4.77. The number of amides is 1. The van der Waals surface area contributed by atoms with Gasteiger partial charge in [0.25, 0.3) is 0 Å². The zero-order valence-electron chi connectivity index (χ0n) is 14.1. The molecule has 1 saturated carbocycles. The molecule has 1 atom stereocenters. The first-order valence-electron chi connectivity index (χ1n) is 8.72. The van der Waals surface area contributed by atoms with Crippen LogP contribution in [-0.4, -0.2) is 43.3 Å². The van der Waals surface area contributed by atoms with Crippen molar-refractivity contribution in [2.24, 2.45) is 5.92 Å². The molecule has 1 aliphatic carbocycles. The Morgan fingerprint density at radius 1 is 1.42 bits per heavy atom. The SMILES string of the molecule is CC[C@@H]1CNCCN1C(=O)OCc1cc(OCC2CC2)ccc1F. The molecule has 132 valence electrons. The summed E-state index contributed by atoms with van der Waals surface area (Å²) in [6.07, 6.45) is 2.89. The topological polar surface area (TPSA) is 50.8 Å². The summed E-state index contributed by atoms with van der Waals surface area (Å²) in [4.78, 5) is 14.0. The Kier molecular flexibility index (Phi) is 5.56. The molecule has 0 aromatic heterocycles. The van der Waals surface area contributed by atoms with E-state index in [1.165, 1.54) is 18.9 Å². The first-order chi connectivity index (χ1) is 11.7. The van der Waals surface area contributed by atoms with Crippen molar-refractivity contribution in [3.8, 4) is 5.75 Å². The summed E-state index contributed by atoms with van der Waals surface area (Å²) in [6, 6.07) is 4.74. The summed E-state index contributed by atoms with van der Waals surface area (Å²) >= 11 is 0. The predicted molar refractivity (Wildman–Crippen MR) is 88.5 cm³/mol. The number of nitrogens with one attached hydrogen (secondary N) is 1. The van der Waals surface area contributed by atoms with Crippen molar-refractivity contribution in [2.75, 3.05) is 26.2 Å². The van der Waals surface area contributed by atoms with E-state index in [1.54, 1.807) is 17.0 Å². The van der Waals surface area contributed by atoms with Gasteiger partial charge in [0.15, 0.2) is 0 Å². The largest absolute Gasteiger partial charge is 0.493 e. The molecule has 0 spiro atoms. The van der Waals surface area contributed by atoms with Crippen LogP contribution in [0.15, 0.2) is 18.2 Å². The number of nitrogens with zero attached hydrogens (tertiary/aromatic N) is 1. The average Bonchev–Trinajstić information content (AvgIpc) is 3.44. The molecule has 5 nitrogen and oxygen atoms in total. The van der Waals surface area contributed by atoms with Crippen LogP contribution in [0.25, 0.3) is 0 Å². The number of hydrogen-bond acceptors (Lipinski definition) is 4. The smallest absolute Gasteiger partial charge is 0.410 e. The van der Waals surface area contributed by atoms with Gasteiger partial charge in [-0.25, -0.2) is 9.18 Å². The highest BCUT2D eigenvalue weighted by atomic mass is 19.1. The quantitative estimate of drug-likeness (QED) is 0.868. The minimum absolute atomic E-state index is 0.0777. The molecule has 0 bridgehead atoms. The number of halogens is 1. The monoisotopic (exact) mass is 336 g/mol. The number of carbonyl (C=O) groups excluding carboxylic acids is 1. The molecule has 1 heterocycles. The van der Waals surface area contributed by atoms with Crippen molar-refractivity contribution in [2.45, 2.75) is 38.8 Å². The number of benzene rings is 1. The Morgan fingerprint density at radius 3 is 3.00 bits per heavy atom. The van der Waals surface area contributed by atoms with E-state index in [1.807, 2.05) is 6.92 Å². The van der Waals surface area contributed by atoms with Gasteiger partial charge in [0, 0.05) is 31.2 Å². The molecule has 3 rings (SSSR count). The normalized spacial score (nSPS) is 20.8. The van der Waals surface area contributed by atoms with Gasteiger partial charge in [0.2, 0.25) is 0 Å². The number of hydrogen-bond donors (Lipinski definition) is 1. The fourth-order valence-electron chi connectivity index (χ4n) is 2.84. The van der Waals surface area contributed by atoms with Crippen LogP contribution in [0.1, 0.15) is 31.7 Å². The maximum absolute atomic E-state index is 13.9. The van der Waals surface area contributed by atoms with Crippen molar-refractivity contribution in [3.63, 3.8) is 0 Å². The highest BCUT2D eigenvalue weighted by Gasteiger charge is 2.26.